The molecule has 0 aliphatic carbocycles. The number of nitrogens with two attached hydrogens (primary N) is 1. The molecule has 0 radical (unpaired) electrons. The Morgan fingerprint density at radius 1 is 1.14 bits per heavy atom. The molecule has 0 amide bonds. The zero-order valence-corrected chi connectivity index (χ0v) is 9.26. The summed E-state index contributed by atoms with van der Waals surface area (Å²) in [4.78, 5) is 0. The highest BCUT2D eigenvalue weighted by Crippen LogP contribution is 2.31. The third-order valence-corrected chi connectivity index (χ3v) is 4.04. The lowest BCUT2D eigenvalue weighted by molar-refractivity contribution is 0.177. The molecule has 0 aromatic carbocycles. The second kappa shape index (κ2) is 4.79. The fourth-order valence-corrected chi connectivity index (χ4v) is 3.16. The summed E-state index contributed by atoms with van der Waals surface area (Å²) in [6.45, 7) is 3.11. The lowest BCUT2D eigenvalue weighted by Crippen LogP contribution is -2.53. The van der Waals surface area contributed by atoms with Crippen LogP contribution in [0.15, 0.2) is 0 Å². The van der Waals surface area contributed by atoms with Crippen LogP contribution in [-0.2, 0) is 0 Å². The molecule has 4 atom stereocenters. The first-order valence-electron chi connectivity index (χ1n) is 5.63. The van der Waals surface area contributed by atoms with Crippen LogP contribution in [0.5, 0.6) is 0 Å². The zero-order chi connectivity index (χ0) is 9.97. The van der Waals surface area contributed by atoms with Gasteiger partial charge in [0.05, 0.1) is 5.50 Å². The summed E-state index contributed by atoms with van der Waals surface area (Å²) in [5.41, 5.74) is 6.26. The predicted molar refractivity (Wildman–Crippen MR) is 59.3 cm³/mol. The van der Waals surface area contributed by atoms with Crippen LogP contribution < -0.4 is 16.4 Å². The molecule has 0 bridgehead atoms. The molecule has 4 unspecified atom stereocenters. The van der Waals surface area contributed by atoms with E-state index in [-0.39, 0.29) is 11.5 Å². The van der Waals surface area contributed by atoms with Crippen molar-refractivity contribution in [1.29, 1.82) is 0 Å². The van der Waals surface area contributed by atoms with E-state index in [1.54, 1.807) is 0 Å². The third-order valence-electron chi connectivity index (χ3n) is 3.56. The minimum atomic E-state index is 0.137. The number of hydrogen-bond donors (Lipinski definition) is 3. The average molecular weight is 218 g/mol. The third kappa shape index (κ3) is 2.22. The summed E-state index contributed by atoms with van der Waals surface area (Å²) in [5, 5.41) is 6.67. The van der Waals surface area contributed by atoms with Crippen molar-refractivity contribution in [1.82, 2.24) is 10.6 Å². The van der Waals surface area contributed by atoms with E-state index in [9.17, 15) is 0 Å². The second-order valence-corrected chi connectivity index (χ2v) is 4.95. The minimum absolute atomic E-state index is 0.137. The number of nitrogens with one attached hydrogen (secondary N) is 2. The molecule has 2 saturated heterocycles. The van der Waals surface area contributed by atoms with Crippen molar-refractivity contribution in [2.24, 2.45) is 17.6 Å². The molecule has 82 valence electrons. The average Bonchev–Trinajstić information content (AvgIpc) is 2.20. The van der Waals surface area contributed by atoms with Crippen molar-refractivity contribution in [3.8, 4) is 0 Å². The summed E-state index contributed by atoms with van der Waals surface area (Å²) in [6.07, 6.45) is 3.65. The molecule has 2 fully saturated rings. The zero-order valence-electron chi connectivity index (χ0n) is 8.51. The number of rotatable bonds is 1. The Morgan fingerprint density at radius 3 is 2.71 bits per heavy atom. The molecule has 2 aliphatic heterocycles. The van der Waals surface area contributed by atoms with Gasteiger partial charge in [-0.25, -0.2) is 0 Å². The van der Waals surface area contributed by atoms with E-state index in [2.05, 4.69) is 10.6 Å². The molecular formula is C10H20ClN3. The van der Waals surface area contributed by atoms with Crippen LogP contribution in [0, 0.1) is 11.8 Å². The first kappa shape index (κ1) is 10.7. The number of piperidine rings is 2. The van der Waals surface area contributed by atoms with Gasteiger partial charge >= 0.3 is 0 Å². The Morgan fingerprint density at radius 2 is 2.00 bits per heavy atom. The Labute approximate surface area is 90.8 Å². The van der Waals surface area contributed by atoms with Gasteiger partial charge in [-0.1, -0.05) is 0 Å². The standard InChI is InChI=1S/C10H20ClN3/c11-10-8(2-1-4-14-10)7-3-5-13-6-9(7)12/h7-10,13-14H,1-6,12H2. The molecule has 2 rings (SSSR count). The fourth-order valence-electron chi connectivity index (χ4n) is 2.74. The van der Waals surface area contributed by atoms with Gasteiger partial charge in [-0.15, -0.1) is 11.6 Å². The van der Waals surface area contributed by atoms with Crippen LogP contribution in [0.2, 0.25) is 0 Å². The molecule has 2 heterocycles. The molecule has 0 saturated carbocycles. The molecule has 4 heteroatoms. The highest BCUT2D eigenvalue weighted by atomic mass is 35.5. The lowest BCUT2D eigenvalue weighted by Gasteiger charge is -2.40. The maximum Gasteiger partial charge on any atom is 0.0857 e. The Kier molecular flexibility index (Phi) is 3.66. The van der Waals surface area contributed by atoms with E-state index >= 15 is 0 Å². The summed E-state index contributed by atoms with van der Waals surface area (Å²) < 4.78 is 0. The molecule has 0 spiro atoms. The van der Waals surface area contributed by atoms with Gasteiger partial charge in [0.1, 0.15) is 0 Å². The summed E-state index contributed by atoms with van der Waals surface area (Å²) >= 11 is 6.29. The maximum atomic E-state index is 6.29. The smallest absolute Gasteiger partial charge is 0.0857 e. The molecule has 14 heavy (non-hydrogen) atoms. The van der Waals surface area contributed by atoms with Gasteiger partial charge in [0, 0.05) is 12.6 Å². The van der Waals surface area contributed by atoms with Crippen LogP contribution in [0.25, 0.3) is 0 Å². The lowest BCUT2D eigenvalue weighted by atomic mass is 9.78. The molecular weight excluding hydrogens is 198 g/mol. The van der Waals surface area contributed by atoms with Crippen LogP contribution in [0.1, 0.15) is 19.3 Å². The molecule has 4 N–H and O–H groups in total. The van der Waals surface area contributed by atoms with E-state index in [0.29, 0.717) is 11.8 Å². The second-order valence-electron chi connectivity index (χ2n) is 4.48. The molecule has 0 aromatic heterocycles. The first-order valence-corrected chi connectivity index (χ1v) is 6.06. The minimum Gasteiger partial charge on any atom is -0.326 e. The Bertz CT molecular complexity index is 168. The highest BCUT2D eigenvalue weighted by Gasteiger charge is 2.34. The normalized spacial score (nSPS) is 45.0. The number of halogens is 1. The van der Waals surface area contributed by atoms with Gasteiger partial charge in [0.2, 0.25) is 0 Å². The number of alkyl halides is 1. The van der Waals surface area contributed by atoms with Crippen molar-refractivity contribution in [3.05, 3.63) is 0 Å². The quantitative estimate of drug-likeness (QED) is 0.443. The van der Waals surface area contributed by atoms with E-state index in [1.807, 2.05) is 0 Å². The maximum absolute atomic E-state index is 6.29. The van der Waals surface area contributed by atoms with Gasteiger partial charge in [-0.2, -0.15) is 0 Å². The predicted octanol–water partition coefficient (Wildman–Crippen LogP) is 0.488. The van der Waals surface area contributed by atoms with Crippen molar-refractivity contribution < 1.29 is 0 Å². The van der Waals surface area contributed by atoms with E-state index < -0.39 is 0 Å². The van der Waals surface area contributed by atoms with E-state index in [0.717, 1.165) is 19.6 Å². The van der Waals surface area contributed by atoms with Gasteiger partial charge in [-0.3, -0.25) is 0 Å². The topological polar surface area (TPSA) is 50.1 Å². The summed E-state index contributed by atoms with van der Waals surface area (Å²) in [6, 6.07) is 0.287. The first-order chi connectivity index (χ1) is 6.79. The molecule has 0 aromatic rings. The van der Waals surface area contributed by atoms with Gasteiger partial charge in [0.25, 0.3) is 0 Å². The molecule has 2 aliphatic rings. The van der Waals surface area contributed by atoms with Crippen LogP contribution in [0.3, 0.4) is 0 Å². The summed E-state index contributed by atoms with van der Waals surface area (Å²) in [5.74, 6) is 1.18. The van der Waals surface area contributed by atoms with Gasteiger partial charge in [0.15, 0.2) is 0 Å². The van der Waals surface area contributed by atoms with Crippen LogP contribution >= 0.6 is 11.6 Å². The van der Waals surface area contributed by atoms with Crippen molar-refractivity contribution in [2.45, 2.75) is 30.8 Å². The van der Waals surface area contributed by atoms with E-state index in [4.69, 9.17) is 17.3 Å². The Balaban J connectivity index is 1.96. The van der Waals surface area contributed by atoms with Gasteiger partial charge < -0.3 is 16.4 Å². The SMILES string of the molecule is NC1CNCCC1C1CCCNC1Cl. The largest absolute Gasteiger partial charge is 0.326 e. The Hall–Kier alpha value is 0.170. The van der Waals surface area contributed by atoms with Gasteiger partial charge in [-0.05, 0) is 44.2 Å². The van der Waals surface area contributed by atoms with E-state index in [1.165, 1.54) is 19.3 Å². The fraction of sp³-hybridized carbons (Fsp3) is 1.00. The summed E-state index contributed by atoms with van der Waals surface area (Å²) in [7, 11) is 0. The van der Waals surface area contributed by atoms with Crippen LogP contribution in [0.4, 0.5) is 0 Å². The highest BCUT2D eigenvalue weighted by molar-refractivity contribution is 6.20. The van der Waals surface area contributed by atoms with Crippen molar-refractivity contribution in [3.63, 3.8) is 0 Å². The van der Waals surface area contributed by atoms with Crippen LogP contribution in [-0.4, -0.2) is 31.2 Å². The van der Waals surface area contributed by atoms with Crippen molar-refractivity contribution in [2.75, 3.05) is 19.6 Å². The number of hydrogen-bond acceptors (Lipinski definition) is 3. The monoisotopic (exact) mass is 217 g/mol. The molecule has 3 nitrogen and oxygen atoms in total. The van der Waals surface area contributed by atoms with Crippen molar-refractivity contribution >= 4 is 11.6 Å².